The number of hydrogen-bond donors (Lipinski definition) is 0. The van der Waals surface area contributed by atoms with Crippen molar-refractivity contribution < 1.29 is 0 Å². The van der Waals surface area contributed by atoms with Gasteiger partial charge >= 0.3 is 0 Å². The first kappa shape index (κ1) is 8.70. The third-order valence-corrected chi connectivity index (χ3v) is 2.11. The minimum Gasteiger partial charge on any atom is -0.256 e. The van der Waals surface area contributed by atoms with Crippen molar-refractivity contribution in [1.82, 2.24) is 4.98 Å². The largest absolute Gasteiger partial charge is 0.256 e. The Morgan fingerprint density at radius 3 is 2.50 bits per heavy atom. The molecule has 1 aromatic carbocycles. The summed E-state index contributed by atoms with van der Waals surface area (Å²) in [5.41, 5.74) is 3.19. The summed E-state index contributed by atoms with van der Waals surface area (Å²) in [6.07, 6.45) is 3.63. The van der Waals surface area contributed by atoms with Crippen LogP contribution in [-0.2, 0) is 0 Å². The van der Waals surface area contributed by atoms with Gasteiger partial charge in [-0.1, -0.05) is 49.1 Å². The maximum atomic E-state index is 4.35. The van der Waals surface area contributed by atoms with Crippen molar-refractivity contribution in [1.29, 1.82) is 0 Å². The van der Waals surface area contributed by atoms with Gasteiger partial charge < -0.3 is 0 Å². The molecule has 0 fully saturated rings. The third kappa shape index (κ3) is 1.57. The summed E-state index contributed by atoms with van der Waals surface area (Å²) in [4.78, 5) is 4.35. The standard InChI is InChI=1S/C13H11N/c1-2-11-9-6-10-14-13(11)12-7-4-3-5-8-12/h2-10H,1H2. The minimum absolute atomic E-state index is 0.989. The van der Waals surface area contributed by atoms with Crippen molar-refractivity contribution in [2.45, 2.75) is 0 Å². The van der Waals surface area contributed by atoms with E-state index in [0.29, 0.717) is 0 Å². The second kappa shape index (κ2) is 3.88. The van der Waals surface area contributed by atoms with Crippen LogP contribution in [0.5, 0.6) is 0 Å². The first-order chi connectivity index (χ1) is 6.92. The maximum absolute atomic E-state index is 4.35. The van der Waals surface area contributed by atoms with E-state index in [1.54, 1.807) is 6.20 Å². The van der Waals surface area contributed by atoms with Gasteiger partial charge in [0.25, 0.3) is 0 Å². The number of nitrogens with zero attached hydrogens (tertiary/aromatic N) is 1. The maximum Gasteiger partial charge on any atom is 0.0774 e. The summed E-state index contributed by atoms with van der Waals surface area (Å²) in [6, 6.07) is 14.1. The molecule has 14 heavy (non-hydrogen) atoms. The van der Waals surface area contributed by atoms with E-state index in [9.17, 15) is 0 Å². The topological polar surface area (TPSA) is 12.9 Å². The lowest BCUT2D eigenvalue weighted by Gasteiger charge is -2.03. The van der Waals surface area contributed by atoms with Gasteiger partial charge in [0.05, 0.1) is 5.69 Å². The quantitative estimate of drug-likeness (QED) is 0.692. The Balaban J connectivity index is 2.57. The van der Waals surface area contributed by atoms with Gasteiger partial charge in [-0.15, -0.1) is 0 Å². The second-order valence-electron chi connectivity index (χ2n) is 3.01. The molecule has 1 heteroatoms. The highest BCUT2D eigenvalue weighted by Gasteiger charge is 2.01. The van der Waals surface area contributed by atoms with E-state index in [4.69, 9.17) is 0 Å². The lowest BCUT2D eigenvalue weighted by atomic mass is 10.1. The Morgan fingerprint density at radius 2 is 1.79 bits per heavy atom. The Bertz CT molecular complexity index is 432. The summed E-state index contributed by atoms with van der Waals surface area (Å²) in [5.74, 6) is 0. The van der Waals surface area contributed by atoms with Crippen LogP contribution in [0.15, 0.2) is 55.2 Å². The molecule has 1 aromatic heterocycles. The van der Waals surface area contributed by atoms with E-state index >= 15 is 0 Å². The summed E-state index contributed by atoms with van der Waals surface area (Å²) < 4.78 is 0. The second-order valence-corrected chi connectivity index (χ2v) is 3.01. The molecule has 0 N–H and O–H groups in total. The van der Waals surface area contributed by atoms with Gasteiger partial charge in [-0.05, 0) is 6.07 Å². The molecule has 0 spiro atoms. The predicted molar refractivity (Wildman–Crippen MR) is 59.8 cm³/mol. The average molecular weight is 181 g/mol. The molecule has 0 bridgehead atoms. The van der Waals surface area contributed by atoms with E-state index in [1.165, 1.54) is 0 Å². The molecule has 0 radical (unpaired) electrons. The first-order valence-electron chi connectivity index (χ1n) is 4.54. The van der Waals surface area contributed by atoms with Gasteiger partial charge in [-0.2, -0.15) is 0 Å². The van der Waals surface area contributed by atoms with Crippen LogP contribution in [0, 0.1) is 0 Å². The van der Waals surface area contributed by atoms with Crippen LogP contribution < -0.4 is 0 Å². The number of pyridine rings is 1. The molecule has 2 aromatic rings. The zero-order chi connectivity index (χ0) is 9.80. The van der Waals surface area contributed by atoms with Gasteiger partial charge in [0.1, 0.15) is 0 Å². The zero-order valence-corrected chi connectivity index (χ0v) is 7.85. The predicted octanol–water partition coefficient (Wildman–Crippen LogP) is 3.39. The molecule has 0 saturated carbocycles. The molecular formula is C13H11N. The van der Waals surface area contributed by atoms with Crippen LogP contribution in [0.25, 0.3) is 17.3 Å². The van der Waals surface area contributed by atoms with E-state index in [2.05, 4.69) is 23.7 Å². The summed E-state index contributed by atoms with van der Waals surface area (Å²) >= 11 is 0. The number of rotatable bonds is 2. The van der Waals surface area contributed by atoms with Gasteiger partial charge in [0, 0.05) is 17.3 Å². The van der Waals surface area contributed by atoms with E-state index in [0.717, 1.165) is 16.8 Å². The summed E-state index contributed by atoms with van der Waals surface area (Å²) in [7, 11) is 0. The number of benzene rings is 1. The molecule has 1 nitrogen and oxygen atoms in total. The van der Waals surface area contributed by atoms with Gasteiger partial charge in [0.15, 0.2) is 0 Å². The van der Waals surface area contributed by atoms with Crippen molar-refractivity contribution in [3.8, 4) is 11.3 Å². The van der Waals surface area contributed by atoms with Crippen molar-refractivity contribution in [2.24, 2.45) is 0 Å². The molecule has 1 heterocycles. The van der Waals surface area contributed by atoms with Crippen molar-refractivity contribution in [2.75, 3.05) is 0 Å². The fourth-order valence-corrected chi connectivity index (χ4v) is 1.42. The molecule has 0 saturated heterocycles. The fourth-order valence-electron chi connectivity index (χ4n) is 1.42. The highest BCUT2D eigenvalue weighted by molar-refractivity contribution is 5.70. The van der Waals surface area contributed by atoms with Crippen LogP contribution in [0.4, 0.5) is 0 Å². The molecule has 2 rings (SSSR count). The molecule has 0 aliphatic rings. The van der Waals surface area contributed by atoms with Crippen LogP contribution in [-0.4, -0.2) is 4.98 Å². The Hall–Kier alpha value is -1.89. The fraction of sp³-hybridized carbons (Fsp3) is 0. The molecule has 68 valence electrons. The summed E-state index contributed by atoms with van der Waals surface area (Å²) in [6.45, 7) is 3.78. The van der Waals surface area contributed by atoms with Crippen LogP contribution in [0.3, 0.4) is 0 Å². The van der Waals surface area contributed by atoms with E-state index in [-0.39, 0.29) is 0 Å². The van der Waals surface area contributed by atoms with E-state index in [1.807, 2.05) is 36.4 Å². The third-order valence-electron chi connectivity index (χ3n) is 2.11. The number of hydrogen-bond acceptors (Lipinski definition) is 1. The molecule has 0 aliphatic carbocycles. The smallest absolute Gasteiger partial charge is 0.0774 e. The SMILES string of the molecule is C=Cc1cccnc1-c1ccccc1. The highest BCUT2D eigenvalue weighted by Crippen LogP contribution is 2.20. The Labute approximate surface area is 83.7 Å². The average Bonchev–Trinajstić information content (AvgIpc) is 2.30. The highest BCUT2D eigenvalue weighted by atomic mass is 14.7. The van der Waals surface area contributed by atoms with E-state index < -0.39 is 0 Å². The summed E-state index contributed by atoms with van der Waals surface area (Å²) in [5, 5.41) is 0. The minimum atomic E-state index is 0.989. The van der Waals surface area contributed by atoms with Crippen molar-refractivity contribution in [3.05, 3.63) is 60.8 Å². The van der Waals surface area contributed by atoms with Crippen LogP contribution in [0.2, 0.25) is 0 Å². The molecular weight excluding hydrogens is 170 g/mol. The van der Waals surface area contributed by atoms with Crippen LogP contribution >= 0.6 is 0 Å². The molecule has 0 amide bonds. The van der Waals surface area contributed by atoms with Gasteiger partial charge in [-0.25, -0.2) is 0 Å². The normalized spacial score (nSPS) is 9.71. The van der Waals surface area contributed by atoms with Crippen molar-refractivity contribution >= 4 is 6.08 Å². The Kier molecular flexibility index (Phi) is 2.41. The lowest BCUT2D eigenvalue weighted by molar-refractivity contribution is 1.31. The first-order valence-corrected chi connectivity index (χ1v) is 4.54. The zero-order valence-electron chi connectivity index (χ0n) is 7.85. The van der Waals surface area contributed by atoms with Gasteiger partial charge in [0.2, 0.25) is 0 Å². The monoisotopic (exact) mass is 181 g/mol. The number of aromatic nitrogens is 1. The lowest BCUT2D eigenvalue weighted by Crippen LogP contribution is -1.86. The Morgan fingerprint density at radius 1 is 1.00 bits per heavy atom. The molecule has 0 aliphatic heterocycles. The molecule has 0 unspecified atom stereocenters. The molecule has 0 atom stereocenters. The van der Waals surface area contributed by atoms with Gasteiger partial charge in [-0.3, -0.25) is 4.98 Å². The van der Waals surface area contributed by atoms with Crippen LogP contribution in [0.1, 0.15) is 5.56 Å². The van der Waals surface area contributed by atoms with Crippen molar-refractivity contribution in [3.63, 3.8) is 0 Å².